The van der Waals surface area contributed by atoms with Gasteiger partial charge in [0.15, 0.2) is 31.3 Å². The molecule has 0 spiro atoms. The molecule has 3 aromatic carbocycles. The fourth-order valence-electron chi connectivity index (χ4n) is 4.87. The summed E-state index contributed by atoms with van der Waals surface area (Å²) in [5.74, 6) is 0. The molecule has 2 heterocycles. The van der Waals surface area contributed by atoms with E-state index in [2.05, 4.69) is 88.5 Å². The maximum absolute atomic E-state index is 5.56. The SMILES string of the molecule is CO[Si](CCC[n+]1cc2ccc3c[n+](Cc4ccccc4)cc4ccc(c1)c2c34)(OC)OC. The zero-order valence-corrected chi connectivity index (χ0v) is 20.5. The van der Waals surface area contributed by atoms with E-state index < -0.39 is 8.80 Å². The Morgan fingerprint density at radius 3 is 1.61 bits per heavy atom. The fourth-order valence-corrected chi connectivity index (χ4v) is 6.58. The Labute approximate surface area is 195 Å². The lowest BCUT2D eigenvalue weighted by atomic mass is 9.97. The summed E-state index contributed by atoms with van der Waals surface area (Å²) in [6.07, 6.45) is 9.96. The second-order valence-electron chi connectivity index (χ2n) is 8.55. The van der Waals surface area contributed by atoms with Crippen molar-refractivity contribution in [2.75, 3.05) is 21.3 Å². The Bertz CT molecular complexity index is 1310. The first kappa shape index (κ1) is 21.9. The smallest absolute Gasteiger partial charge is 0.377 e. The molecular formula is C27H30N2O3Si+2. The third-order valence-electron chi connectivity index (χ3n) is 6.55. The average molecular weight is 459 g/mol. The minimum absolute atomic E-state index is 0.788. The highest BCUT2D eigenvalue weighted by Crippen LogP contribution is 2.32. The maximum Gasteiger partial charge on any atom is 0.500 e. The molecule has 5 aromatic rings. The molecule has 168 valence electrons. The van der Waals surface area contributed by atoms with Gasteiger partial charge < -0.3 is 13.3 Å². The van der Waals surface area contributed by atoms with Crippen LogP contribution >= 0.6 is 0 Å². The van der Waals surface area contributed by atoms with Crippen LogP contribution in [0.25, 0.3) is 32.3 Å². The zero-order valence-electron chi connectivity index (χ0n) is 19.5. The van der Waals surface area contributed by atoms with Crippen molar-refractivity contribution in [2.45, 2.75) is 25.6 Å². The van der Waals surface area contributed by atoms with E-state index in [1.54, 1.807) is 21.3 Å². The van der Waals surface area contributed by atoms with Crippen molar-refractivity contribution < 1.29 is 22.4 Å². The highest BCUT2D eigenvalue weighted by atomic mass is 28.4. The molecule has 0 aliphatic heterocycles. The number of hydrogen-bond donors (Lipinski definition) is 0. The Balaban J connectivity index is 1.47. The van der Waals surface area contributed by atoms with Crippen LogP contribution in [0.5, 0.6) is 0 Å². The van der Waals surface area contributed by atoms with Crippen molar-refractivity contribution >= 4 is 41.1 Å². The van der Waals surface area contributed by atoms with E-state index in [0.717, 1.165) is 25.6 Å². The standard InChI is InChI=1S/C27H30N2O3Si/c1-30-33(31-2,32-3)15-7-14-28-17-22-10-12-24-19-29(16-21-8-5-4-6-9-21)20-25-13-11-23(18-28)26(22)27(24)25/h4-6,8-13,17-20H,7,14-16H2,1-3H3/q+2. The number of benzene rings is 3. The van der Waals surface area contributed by atoms with Gasteiger partial charge in [0.2, 0.25) is 0 Å². The van der Waals surface area contributed by atoms with Crippen molar-refractivity contribution in [3.8, 4) is 0 Å². The summed E-state index contributed by atoms with van der Waals surface area (Å²) in [4.78, 5) is 0. The summed E-state index contributed by atoms with van der Waals surface area (Å²) in [5, 5.41) is 7.75. The lowest BCUT2D eigenvalue weighted by Crippen LogP contribution is -2.44. The van der Waals surface area contributed by atoms with Crippen molar-refractivity contribution in [1.82, 2.24) is 0 Å². The quantitative estimate of drug-likeness (QED) is 0.186. The van der Waals surface area contributed by atoms with Gasteiger partial charge in [0.25, 0.3) is 0 Å². The predicted octanol–water partition coefficient (Wildman–Crippen LogP) is 4.48. The minimum Gasteiger partial charge on any atom is -0.377 e. The monoisotopic (exact) mass is 458 g/mol. The van der Waals surface area contributed by atoms with E-state index in [0.29, 0.717) is 0 Å². The molecule has 6 heteroatoms. The summed E-state index contributed by atoms with van der Waals surface area (Å²) in [7, 11) is 2.47. The number of hydrogen-bond acceptors (Lipinski definition) is 3. The van der Waals surface area contributed by atoms with Gasteiger partial charge in [-0.3, -0.25) is 0 Å². The molecule has 0 aliphatic carbocycles. The van der Waals surface area contributed by atoms with Gasteiger partial charge in [-0.25, -0.2) is 4.57 Å². The van der Waals surface area contributed by atoms with Gasteiger partial charge in [0, 0.05) is 71.7 Å². The van der Waals surface area contributed by atoms with Gasteiger partial charge in [-0.1, -0.05) is 30.3 Å². The van der Waals surface area contributed by atoms with Gasteiger partial charge in [-0.2, -0.15) is 4.57 Å². The van der Waals surface area contributed by atoms with Gasteiger partial charge in [-0.05, 0) is 24.3 Å². The summed E-state index contributed by atoms with van der Waals surface area (Å²) >= 11 is 0. The zero-order chi connectivity index (χ0) is 22.8. The molecule has 0 saturated carbocycles. The van der Waals surface area contributed by atoms with E-state index in [1.807, 2.05) is 0 Å². The van der Waals surface area contributed by atoms with Crippen LogP contribution in [-0.2, 0) is 26.4 Å². The molecule has 5 nitrogen and oxygen atoms in total. The lowest BCUT2D eigenvalue weighted by Gasteiger charge is -2.23. The molecule has 33 heavy (non-hydrogen) atoms. The highest BCUT2D eigenvalue weighted by Gasteiger charge is 2.37. The molecule has 5 rings (SSSR count). The number of rotatable bonds is 9. The third-order valence-corrected chi connectivity index (χ3v) is 9.38. The van der Waals surface area contributed by atoms with Crippen molar-refractivity contribution in [3.63, 3.8) is 0 Å². The molecule has 0 amide bonds. The van der Waals surface area contributed by atoms with Crippen LogP contribution in [0, 0.1) is 0 Å². The van der Waals surface area contributed by atoms with Crippen molar-refractivity contribution in [1.29, 1.82) is 0 Å². The molecule has 2 aromatic heterocycles. The van der Waals surface area contributed by atoms with E-state index >= 15 is 0 Å². The topological polar surface area (TPSA) is 35.5 Å². The summed E-state index contributed by atoms with van der Waals surface area (Å²) in [5.41, 5.74) is 1.30. The third kappa shape index (κ3) is 4.23. The number of nitrogens with zero attached hydrogens (tertiary/aromatic N) is 2. The lowest BCUT2D eigenvalue weighted by molar-refractivity contribution is -0.694. The van der Waals surface area contributed by atoms with E-state index in [-0.39, 0.29) is 0 Å². The number of aromatic nitrogens is 2. The Kier molecular flexibility index (Phi) is 6.08. The van der Waals surface area contributed by atoms with Crippen molar-refractivity contribution in [3.05, 3.63) is 84.9 Å². The molecule has 0 atom stereocenters. The number of aryl methyl sites for hydroxylation is 1. The van der Waals surface area contributed by atoms with Crippen LogP contribution in [0.1, 0.15) is 12.0 Å². The van der Waals surface area contributed by atoms with Crippen molar-refractivity contribution in [2.24, 2.45) is 0 Å². The van der Waals surface area contributed by atoms with E-state index in [4.69, 9.17) is 13.3 Å². The Morgan fingerprint density at radius 2 is 1.12 bits per heavy atom. The van der Waals surface area contributed by atoms with Crippen LogP contribution in [0.15, 0.2) is 79.4 Å². The largest absolute Gasteiger partial charge is 0.500 e. The first-order valence-electron chi connectivity index (χ1n) is 11.3. The van der Waals surface area contributed by atoms with Gasteiger partial charge in [0.1, 0.15) is 6.54 Å². The molecule has 0 saturated heterocycles. The second-order valence-corrected chi connectivity index (χ2v) is 11.6. The average Bonchev–Trinajstić information content (AvgIpc) is 2.86. The first-order chi connectivity index (χ1) is 16.1. The first-order valence-corrected chi connectivity index (χ1v) is 13.3. The fraction of sp³-hybridized carbons (Fsp3) is 0.259. The van der Waals surface area contributed by atoms with E-state index in [1.165, 1.54) is 37.9 Å². The highest BCUT2D eigenvalue weighted by molar-refractivity contribution is 6.60. The number of pyridine rings is 2. The molecule has 0 radical (unpaired) electrons. The van der Waals surface area contributed by atoms with E-state index in [9.17, 15) is 0 Å². The summed E-state index contributed by atoms with van der Waals surface area (Å²) < 4.78 is 21.3. The maximum atomic E-state index is 5.56. The minimum atomic E-state index is -2.54. The molecule has 0 bridgehead atoms. The Hall–Kier alpha value is -2.90. The second kappa shape index (κ2) is 9.15. The van der Waals surface area contributed by atoms with Gasteiger partial charge in [-0.15, -0.1) is 0 Å². The summed E-state index contributed by atoms with van der Waals surface area (Å²) in [6, 6.07) is 20.4. The molecular weight excluding hydrogens is 428 g/mol. The molecule has 0 aliphatic rings. The van der Waals surface area contributed by atoms with Gasteiger partial charge in [0.05, 0.1) is 0 Å². The van der Waals surface area contributed by atoms with Crippen LogP contribution < -0.4 is 9.13 Å². The van der Waals surface area contributed by atoms with Crippen LogP contribution in [0.3, 0.4) is 0 Å². The van der Waals surface area contributed by atoms with Gasteiger partial charge >= 0.3 is 8.80 Å². The Morgan fingerprint density at radius 1 is 0.636 bits per heavy atom. The van der Waals surface area contributed by atoms with Crippen LogP contribution in [0.4, 0.5) is 0 Å². The molecule has 0 unspecified atom stereocenters. The van der Waals surface area contributed by atoms with Crippen LogP contribution in [0.2, 0.25) is 6.04 Å². The predicted molar refractivity (Wildman–Crippen MR) is 132 cm³/mol. The molecule has 0 fully saturated rings. The van der Waals surface area contributed by atoms with Crippen LogP contribution in [-0.4, -0.2) is 30.1 Å². The normalized spacial score (nSPS) is 12.3. The molecule has 0 N–H and O–H groups in total. The summed E-state index contributed by atoms with van der Waals surface area (Å²) in [6.45, 7) is 1.75.